The molecule has 0 bridgehead atoms. The summed E-state index contributed by atoms with van der Waals surface area (Å²) in [4.78, 5) is 0. The van der Waals surface area contributed by atoms with Gasteiger partial charge in [-0.3, -0.25) is 0 Å². The van der Waals surface area contributed by atoms with Crippen molar-refractivity contribution in [2.24, 2.45) is 0 Å². The van der Waals surface area contributed by atoms with E-state index < -0.39 is 0 Å². The van der Waals surface area contributed by atoms with Crippen LogP contribution < -0.4 is 5.32 Å². The molecular weight excluding hydrogens is 246 g/mol. The summed E-state index contributed by atoms with van der Waals surface area (Å²) in [5.74, 6) is 2.43. The fraction of sp³-hybridized carbons (Fsp3) is 0.400. The molecule has 0 aromatic heterocycles. The number of hydrogen-bond donors (Lipinski definition) is 1. The van der Waals surface area contributed by atoms with E-state index in [1.165, 1.54) is 21.5 Å². The highest BCUT2D eigenvalue weighted by atomic mass is 79.9. The number of rotatable bonds is 1. The van der Waals surface area contributed by atoms with Crippen molar-refractivity contribution in [1.29, 1.82) is 0 Å². The summed E-state index contributed by atoms with van der Waals surface area (Å²) in [5, 5.41) is 3.52. The highest BCUT2D eigenvalue weighted by Gasteiger charge is 2.14. The second kappa shape index (κ2) is 4.49. The molecule has 3 heteroatoms. The summed E-state index contributed by atoms with van der Waals surface area (Å²) in [6, 6.07) is 9.09. The number of halogens is 1. The monoisotopic (exact) mass is 257 g/mol. The van der Waals surface area contributed by atoms with Crippen LogP contribution in [0.3, 0.4) is 0 Å². The van der Waals surface area contributed by atoms with E-state index in [2.05, 4.69) is 45.5 Å². The molecule has 1 aromatic carbocycles. The van der Waals surface area contributed by atoms with Crippen LogP contribution in [0, 0.1) is 0 Å². The van der Waals surface area contributed by atoms with Gasteiger partial charge in [0.2, 0.25) is 0 Å². The molecule has 0 aliphatic carbocycles. The maximum Gasteiger partial charge on any atom is 0.0412 e. The quantitative estimate of drug-likeness (QED) is 0.831. The largest absolute Gasteiger partial charge is 0.308 e. The molecule has 2 rings (SSSR count). The van der Waals surface area contributed by atoms with Crippen LogP contribution in [0.2, 0.25) is 0 Å². The zero-order valence-electron chi connectivity index (χ0n) is 7.29. The minimum atomic E-state index is 0.538. The summed E-state index contributed by atoms with van der Waals surface area (Å²) in [6.45, 7) is 1.13. The molecule has 1 saturated heterocycles. The van der Waals surface area contributed by atoms with Crippen LogP contribution in [0.1, 0.15) is 11.6 Å². The number of benzene rings is 1. The van der Waals surface area contributed by atoms with Gasteiger partial charge in [-0.05, 0) is 17.7 Å². The van der Waals surface area contributed by atoms with E-state index in [0.717, 1.165) is 6.54 Å². The summed E-state index contributed by atoms with van der Waals surface area (Å²) in [5.41, 5.74) is 1.39. The third kappa shape index (κ3) is 2.48. The SMILES string of the molecule is Brc1cccc(C2CSCCN2)c1. The Bertz CT molecular complexity index is 284. The van der Waals surface area contributed by atoms with Crippen molar-refractivity contribution in [2.75, 3.05) is 18.1 Å². The molecule has 1 N–H and O–H groups in total. The predicted octanol–water partition coefficient (Wildman–Crippen LogP) is 2.83. The molecule has 13 heavy (non-hydrogen) atoms. The molecule has 1 aliphatic heterocycles. The molecule has 1 heterocycles. The molecule has 0 saturated carbocycles. The Morgan fingerprint density at radius 1 is 1.46 bits per heavy atom. The average molecular weight is 258 g/mol. The minimum Gasteiger partial charge on any atom is -0.308 e. The zero-order chi connectivity index (χ0) is 9.10. The van der Waals surface area contributed by atoms with Crippen molar-refractivity contribution in [2.45, 2.75) is 6.04 Å². The standard InChI is InChI=1S/C10H12BrNS/c11-9-3-1-2-8(6-9)10-7-13-5-4-12-10/h1-3,6,10,12H,4-5,7H2. The van der Waals surface area contributed by atoms with Crippen LogP contribution in [0.4, 0.5) is 0 Å². The summed E-state index contributed by atoms with van der Waals surface area (Å²) in [7, 11) is 0. The first-order valence-electron chi connectivity index (χ1n) is 4.43. The molecule has 1 aromatic rings. The molecule has 1 nitrogen and oxygen atoms in total. The summed E-state index contributed by atoms with van der Waals surface area (Å²) in [6.07, 6.45) is 0. The van der Waals surface area contributed by atoms with Gasteiger partial charge >= 0.3 is 0 Å². The van der Waals surface area contributed by atoms with Crippen molar-refractivity contribution < 1.29 is 0 Å². The fourth-order valence-electron chi connectivity index (χ4n) is 1.50. The molecule has 1 fully saturated rings. The van der Waals surface area contributed by atoms with Crippen molar-refractivity contribution in [3.63, 3.8) is 0 Å². The van der Waals surface area contributed by atoms with Crippen LogP contribution in [0.5, 0.6) is 0 Å². The molecule has 0 radical (unpaired) electrons. The molecular formula is C10H12BrNS. The Balaban J connectivity index is 2.14. The van der Waals surface area contributed by atoms with Crippen LogP contribution in [0.15, 0.2) is 28.7 Å². The Morgan fingerprint density at radius 2 is 2.38 bits per heavy atom. The van der Waals surface area contributed by atoms with Gasteiger partial charge in [0, 0.05) is 28.6 Å². The lowest BCUT2D eigenvalue weighted by Gasteiger charge is -2.23. The number of nitrogens with one attached hydrogen (secondary N) is 1. The van der Waals surface area contributed by atoms with E-state index in [1.54, 1.807) is 0 Å². The van der Waals surface area contributed by atoms with Crippen molar-refractivity contribution in [3.8, 4) is 0 Å². The Hall–Kier alpha value is 0.01000. The normalized spacial score (nSPS) is 23.0. The summed E-state index contributed by atoms with van der Waals surface area (Å²) >= 11 is 5.52. The predicted molar refractivity (Wildman–Crippen MR) is 62.2 cm³/mol. The van der Waals surface area contributed by atoms with Crippen molar-refractivity contribution in [1.82, 2.24) is 5.32 Å². The van der Waals surface area contributed by atoms with Gasteiger partial charge < -0.3 is 5.32 Å². The van der Waals surface area contributed by atoms with Crippen LogP contribution in [-0.4, -0.2) is 18.1 Å². The van der Waals surface area contributed by atoms with E-state index in [4.69, 9.17) is 0 Å². The van der Waals surface area contributed by atoms with Gasteiger partial charge in [-0.25, -0.2) is 0 Å². The third-order valence-electron chi connectivity index (χ3n) is 2.17. The second-order valence-corrected chi connectivity index (χ2v) is 5.20. The smallest absolute Gasteiger partial charge is 0.0412 e. The first-order valence-corrected chi connectivity index (χ1v) is 6.37. The molecule has 1 unspecified atom stereocenters. The lowest BCUT2D eigenvalue weighted by Crippen LogP contribution is -2.30. The highest BCUT2D eigenvalue weighted by Crippen LogP contribution is 2.23. The van der Waals surface area contributed by atoms with Crippen molar-refractivity contribution >= 4 is 27.7 Å². The van der Waals surface area contributed by atoms with Gasteiger partial charge in [0.1, 0.15) is 0 Å². The number of hydrogen-bond acceptors (Lipinski definition) is 2. The lowest BCUT2D eigenvalue weighted by atomic mass is 10.1. The summed E-state index contributed by atoms with van der Waals surface area (Å²) < 4.78 is 1.17. The van der Waals surface area contributed by atoms with E-state index in [0.29, 0.717) is 6.04 Å². The van der Waals surface area contributed by atoms with Gasteiger partial charge in [-0.15, -0.1) is 0 Å². The molecule has 0 spiro atoms. The Morgan fingerprint density at radius 3 is 3.08 bits per heavy atom. The highest BCUT2D eigenvalue weighted by molar-refractivity contribution is 9.10. The zero-order valence-corrected chi connectivity index (χ0v) is 9.70. The second-order valence-electron chi connectivity index (χ2n) is 3.14. The van der Waals surface area contributed by atoms with E-state index >= 15 is 0 Å². The molecule has 1 aliphatic rings. The Labute approximate surface area is 91.4 Å². The lowest BCUT2D eigenvalue weighted by molar-refractivity contribution is 0.595. The van der Waals surface area contributed by atoms with E-state index in [9.17, 15) is 0 Å². The Kier molecular flexibility index (Phi) is 3.30. The number of thioether (sulfide) groups is 1. The maximum atomic E-state index is 3.52. The van der Waals surface area contributed by atoms with E-state index in [1.807, 2.05) is 11.8 Å². The molecule has 70 valence electrons. The van der Waals surface area contributed by atoms with Crippen LogP contribution in [0.25, 0.3) is 0 Å². The van der Waals surface area contributed by atoms with Gasteiger partial charge in [0.15, 0.2) is 0 Å². The van der Waals surface area contributed by atoms with Gasteiger partial charge in [0.25, 0.3) is 0 Å². The van der Waals surface area contributed by atoms with Crippen LogP contribution >= 0.6 is 27.7 Å². The molecule has 1 atom stereocenters. The van der Waals surface area contributed by atoms with Gasteiger partial charge in [-0.1, -0.05) is 28.1 Å². The van der Waals surface area contributed by atoms with Crippen molar-refractivity contribution in [3.05, 3.63) is 34.3 Å². The van der Waals surface area contributed by atoms with Crippen LogP contribution in [-0.2, 0) is 0 Å². The fourth-order valence-corrected chi connectivity index (χ4v) is 2.89. The van der Waals surface area contributed by atoms with Gasteiger partial charge in [-0.2, -0.15) is 11.8 Å². The maximum absolute atomic E-state index is 3.52. The van der Waals surface area contributed by atoms with E-state index in [-0.39, 0.29) is 0 Å². The van der Waals surface area contributed by atoms with Gasteiger partial charge in [0.05, 0.1) is 0 Å². The topological polar surface area (TPSA) is 12.0 Å². The molecule has 0 amide bonds. The first-order chi connectivity index (χ1) is 6.36. The third-order valence-corrected chi connectivity index (χ3v) is 3.73. The minimum absolute atomic E-state index is 0.538. The average Bonchev–Trinajstić information content (AvgIpc) is 2.19. The first kappa shape index (κ1) is 9.56.